The standard InChI is InChI=1S/C19H21NO4/c1-13-7-9-14(10-8-13)18(21)20-12-16(19(22)23)11-15-5-3-4-6-17(15)24-2/h3-10,16H,11-12H2,1-2H3,(H,20,21)(H,22,23). The van der Waals surface area contributed by atoms with Crippen LogP contribution in [0, 0.1) is 12.8 Å². The number of rotatable bonds is 7. The number of ether oxygens (including phenoxy) is 1. The number of nitrogens with one attached hydrogen (secondary N) is 1. The first-order valence-electron chi connectivity index (χ1n) is 7.71. The van der Waals surface area contributed by atoms with Gasteiger partial charge < -0.3 is 15.2 Å². The third kappa shape index (κ3) is 4.59. The molecule has 0 fully saturated rings. The number of carbonyl (C=O) groups excluding carboxylic acids is 1. The Bertz CT molecular complexity index is 710. The van der Waals surface area contributed by atoms with Crippen molar-refractivity contribution in [2.75, 3.05) is 13.7 Å². The number of hydrogen-bond acceptors (Lipinski definition) is 3. The zero-order valence-corrected chi connectivity index (χ0v) is 13.8. The van der Waals surface area contributed by atoms with Crippen LogP contribution in [0.15, 0.2) is 48.5 Å². The summed E-state index contributed by atoms with van der Waals surface area (Å²) in [5.41, 5.74) is 2.38. The molecule has 2 aromatic rings. The molecule has 0 bridgehead atoms. The van der Waals surface area contributed by atoms with E-state index in [1.807, 2.05) is 37.3 Å². The Hall–Kier alpha value is -2.82. The maximum absolute atomic E-state index is 12.1. The number of methoxy groups -OCH3 is 1. The lowest BCUT2D eigenvalue weighted by Gasteiger charge is -2.15. The first-order chi connectivity index (χ1) is 11.5. The summed E-state index contributed by atoms with van der Waals surface area (Å²) in [6.45, 7) is 2.00. The number of benzene rings is 2. The van der Waals surface area contributed by atoms with Crippen LogP contribution < -0.4 is 10.1 Å². The molecule has 126 valence electrons. The molecule has 0 aromatic heterocycles. The summed E-state index contributed by atoms with van der Waals surface area (Å²) in [6.07, 6.45) is 0.285. The van der Waals surface area contributed by atoms with Gasteiger partial charge in [-0.1, -0.05) is 35.9 Å². The van der Waals surface area contributed by atoms with Gasteiger partial charge in [0.05, 0.1) is 13.0 Å². The van der Waals surface area contributed by atoms with E-state index in [0.29, 0.717) is 11.3 Å². The second-order valence-electron chi connectivity index (χ2n) is 5.63. The minimum Gasteiger partial charge on any atom is -0.496 e. The molecule has 5 nitrogen and oxygen atoms in total. The molecule has 2 N–H and O–H groups in total. The second kappa shape index (κ2) is 8.15. The van der Waals surface area contributed by atoms with Crippen LogP contribution in [-0.2, 0) is 11.2 Å². The molecule has 0 aliphatic heterocycles. The van der Waals surface area contributed by atoms with Gasteiger partial charge in [-0.25, -0.2) is 0 Å². The average molecular weight is 327 g/mol. The van der Waals surface area contributed by atoms with E-state index >= 15 is 0 Å². The largest absolute Gasteiger partial charge is 0.496 e. The van der Waals surface area contributed by atoms with Crippen LogP contribution in [0.25, 0.3) is 0 Å². The van der Waals surface area contributed by atoms with Gasteiger partial charge in [0.1, 0.15) is 5.75 Å². The first-order valence-corrected chi connectivity index (χ1v) is 7.71. The zero-order chi connectivity index (χ0) is 17.5. The van der Waals surface area contributed by atoms with Gasteiger partial charge in [-0.3, -0.25) is 9.59 Å². The Morgan fingerprint density at radius 2 is 1.79 bits per heavy atom. The molecule has 1 atom stereocenters. The summed E-state index contributed by atoms with van der Waals surface area (Å²) in [4.78, 5) is 23.6. The van der Waals surface area contributed by atoms with Crippen LogP contribution in [0.1, 0.15) is 21.5 Å². The predicted molar refractivity (Wildman–Crippen MR) is 91.3 cm³/mol. The highest BCUT2D eigenvalue weighted by Gasteiger charge is 2.21. The fourth-order valence-electron chi connectivity index (χ4n) is 2.41. The number of aryl methyl sites for hydroxylation is 1. The van der Waals surface area contributed by atoms with Crippen molar-refractivity contribution in [1.29, 1.82) is 0 Å². The Balaban J connectivity index is 2.02. The van der Waals surface area contributed by atoms with E-state index in [9.17, 15) is 14.7 Å². The molecule has 0 saturated heterocycles. The highest BCUT2D eigenvalue weighted by Crippen LogP contribution is 2.21. The molecule has 0 aliphatic carbocycles. The third-order valence-corrected chi connectivity index (χ3v) is 3.83. The Morgan fingerprint density at radius 1 is 1.12 bits per heavy atom. The van der Waals surface area contributed by atoms with Crippen LogP contribution in [-0.4, -0.2) is 30.6 Å². The number of para-hydroxylation sites is 1. The SMILES string of the molecule is COc1ccccc1CC(CNC(=O)c1ccc(C)cc1)C(=O)O. The molecule has 1 unspecified atom stereocenters. The summed E-state index contributed by atoms with van der Waals surface area (Å²) < 4.78 is 5.25. The quantitative estimate of drug-likeness (QED) is 0.820. The van der Waals surface area contributed by atoms with E-state index in [1.165, 1.54) is 0 Å². The smallest absolute Gasteiger partial charge is 0.308 e. The maximum atomic E-state index is 12.1. The van der Waals surface area contributed by atoms with Crippen molar-refractivity contribution in [2.24, 2.45) is 5.92 Å². The van der Waals surface area contributed by atoms with Crippen LogP contribution in [0.5, 0.6) is 5.75 Å². The van der Waals surface area contributed by atoms with Gasteiger partial charge in [0.2, 0.25) is 0 Å². The number of carbonyl (C=O) groups is 2. The predicted octanol–water partition coefficient (Wildman–Crippen LogP) is 2.68. The Morgan fingerprint density at radius 3 is 2.42 bits per heavy atom. The van der Waals surface area contributed by atoms with Crippen molar-refractivity contribution in [3.8, 4) is 5.75 Å². The Labute approximate surface area is 141 Å². The summed E-state index contributed by atoms with van der Waals surface area (Å²) in [5, 5.41) is 12.1. The van der Waals surface area contributed by atoms with Crippen molar-refractivity contribution in [3.05, 3.63) is 65.2 Å². The van der Waals surface area contributed by atoms with E-state index in [0.717, 1.165) is 11.1 Å². The molecule has 0 saturated carbocycles. The van der Waals surface area contributed by atoms with Crippen LogP contribution in [0.2, 0.25) is 0 Å². The van der Waals surface area contributed by atoms with E-state index in [4.69, 9.17) is 4.74 Å². The van der Waals surface area contributed by atoms with Crippen molar-refractivity contribution in [2.45, 2.75) is 13.3 Å². The normalized spacial score (nSPS) is 11.6. The van der Waals surface area contributed by atoms with Crippen LogP contribution >= 0.6 is 0 Å². The number of carboxylic acids is 1. The molecule has 0 heterocycles. The number of amides is 1. The molecule has 2 rings (SSSR count). The van der Waals surface area contributed by atoms with Crippen molar-refractivity contribution in [3.63, 3.8) is 0 Å². The van der Waals surface area contributed by atoms with Gasteiger partial charge in [0, 0.05) is 12.1 Å². The molecule has 0 spiro atoms. The summed E-state index contributed by atoms with van der Waals surface area (Å²) >= 11 is 0. The van der Waals surface area contributed by atoms with Gasteiger partial charge >= 0.3 is 5.97 Å². The zero-order valence-electron chi connectivity index (χ0n) is 13.8. The molecular formula is C19H21NO4. The minimum atomic E-state index is -0.954. The van der Waals surface area contributed by atoms with E-state index in [-0.39, 0.29) is 18.9 Å². The van der Waals surface area contributed by atoms with Gasteiger partial charge in [-0.15, -0.1) is 0 Å². The lowest BCUT2D eigenvalue weighted by atomic mass is 9.98. The molecule has 1 amide bonds. The fraction of sp³-hybridized carbons (Fsp3) is 0.263. The third-order valence-electron chi connectivity index (χ3n) is 3.83. The molecule has 2 aromatic carbocycles. The lowest BCUT2D eigenvalue weighted by molar-refractivity contribution is -0.141. The van der Waals surface area contributed by atoms with E-state index in [2.05, 4.69) is 5.32 Å². The molecule has 5 heteroatoms. The summed E-state index contributed by atoms with van der Waals surface area (Å²) in [5.74, 6) is -1.31. The molecular weight excluding hydrogens is 306 g/mol. The molecule has 24 heavy (non-hydrogen) atoms. The average Bonchev–Trinajstić information content (AvgIpc) is 2.59. The van der Waals surface area contributed by atoms with Crippen LogP contribution in [0.3, 0.4) is 0 Å². The number of carboxylic acid groups (broad SMARTS) is 1. The van der Waals surface area contributed by atoms with E-state index < -0.39 is 11.9 Å². The van der Waals surface area contributed by atoms with Gasteiger partial charge in [0.25, 0.3) is 5.91 Å². The van der Waals surface area contributed by atoms with Crippen LogP contribution in [0.4, 0.5) is 0 Å². The first kappa shape index (κ1) is 17.5. The highest BCUT2D eigenvalue weighted by atomic mass is 16.5. The second-order valence-corrected chi connectivity index (χ2v) is 5.63. The summed E-state index contributed by atoms with van der Waals surface area (Å²) in [7, 11) is 1.55. The highest BCUT2D eigenvalue weighted by molar-refractivity contribution is 5.94. The lowest BCUT2D eigenvalue weighted by Crippen LogP contribution is -2.34. The minimum absolute atomic E-state index is 0.0556. The van der Waals surface area contributed by atoms with Crippen molar-refractivity contribution < 1.29 is 19.4 Å². The number of hydrogen-bond donors (Lipinski definition) is 2. The molecule has 0 radical (unpaired) electrons. The maximum Gasteiger partial charge on any atom is 0.308 e. The number of aliphatic carboxylic acids is 1. The monoisotopic (exact) mass is 327 g/mol. The fourth-order valence-corrected chi connectivity index (χ4v) is 2.41. The van der Waals surface area contributed by atoms with Gasteiger partial charge in [-0.2, -0.15) is 0 Å². The van der Waals surface area contributed by atoms with Gasteiger partial charge in [0.15, 0.2) is 0 Å². The topological polar surface area (TPSA) is 75.6 Å². The van der Waals surface area contributed by atoms with Gasteiger partial charge in [-0.05, 0) is 37.1 Å². The summed E-state index contributed by atoms with van der Waals surface area (Å²) in [6, 6.07) is 14.4. The molecule has 0 aliphatic rings. The Kier molecular flexibility index (Phi) is 5.95. The van der Waals surface area contributed by atoms with Crippen molar-refractivity contribution >= 4 is 11.9 Å². The van der Waals surface area contributed by atoms with E-state index in [1.54, 1.807) is 25.3 Å². The van der Waals surface area contributed by atoms with Crippen molar-refractivity contribution in [1.82, 2.24) is 5.32 Å².